The van der Waals surface area contributed by atoms with E-state index in [4.69, 9.17) is 4.74 Å². The average Bonchev–Trinajstić information content (AvgIpc) is 3.19. The van der Waals surface area contributed by atoms with Gasteiger partial charge in [-0.1, -0.05) is 0 Å². The largest absolute Gasteiger partial charge is 0.495 e. The molecule has 37 heavy (non-hydrogen) atoms. The van der Waals surface area contributed by atoms with Crippen LogP contribution >= 0.6 is 0 Å². The standard InChI is InChI=1S/C25H25F2N3O6S/c1-36-21-4-2-15(26)12-22(21)37(34,35)29-8-6-14(7-9-29)17-10-16(27)11-18-19(17)13-30(25(18)33)20-3-5-23(31)28-24(20)32/h2,4,10-12,14,20H,3,5-9,13H2,1H3,(H,28,31,32). The van der Waals surface area contributed by atoms with Crippen molar-refractivity contribution in [1.82, 2.24) is 14.5 Å². The summed E-state index contributed by atoms with van der Waals surface area (Å²) in [5.41, 5.74) is 1.40. The monoisotopic (exact) mass is 533 g/mol. The number of hydrogen-bond acceptors (Lipinski definition) is 6. The van der Waals surface area contributed by atoms with Crippen molar-refractivity contribution in [3.05, 3.63) is 58.7 Å². The zero-order chi connectivity index (χ0) is 26.5. The summed E-state index contributed by atoms with van der Waals surface area (Å²) in [6.45, 7) is 0.334. The highest BCUT2D eigenvalue weighted by molar-refractivity contribution is 7.89. The summed E-state index contributed by atoms with van der Waals surface area (Å²) < 4.78 is 61.2. The first-order valence-corrected chi connectivity index (χ1v) is 13.3. The molecule has 2 aromatic rings. The molecule has 1 unspecified atom stereocenters. The van der Waals surface area contributed by atoms with E-state index >= 15 is 0 Å². The lowest BCUT2D eigenvalue weighted by Gasteiger charge is -2.33. The number of methoxy groups -OCH3 is 1. The number of sulfonamides is 1. The lowest BCUT2D eigenvalue weighted by atomic mass is 9.86. The number of halogens is 2. The van der Waals surface area contributed by atoms with Gasteiger partial charge < -0.3 is 9.64 Å². The van der Waals surface area contributed by atoms with Gasteiger partial charge in [-0.15, -0.1) is 0 Å². The zero-order valence-corrected chi connectivity index (χ0v) is 20.8. The van der Waals surface area contributed by atoms with E-state index in [0.717, 1.165) is 18.2 Å². The highest BCUT2D eigenvalue weighted by Crippen LogP contribution is 2.39. The maximum absolute atomic E-state index is 14.6. The van der Waals surface area contributed by atoms with Crippen LogP contribution in [0.15, 0.2) is 35.2 Å². The van der Waals surface area contributed by atoms with E-state index in [-0.39, 0.29) is 54.6 Å². The maximum Gasteiger partial charge on any atom is 0.255 e. The van der Waals surface area contributed by atoms with Crippen molar-refractivity contribution in [2.45, 2.75) is 49.1 Å². The van der Waals surface area contributed by atoms with Crippen LogP contribution in [0.5, 0.6) is 5.75 Å². The van der Waals surface area contributed by atoms with Crippen LogP contribution in [0.3, 0.4) is 0 Å². The molecule has 2 saturated heterocycles. The van der Waals surface area contributed by atoms with Crippen LogP contribution in [0.1, 0.15) is 53.1 Å². The molecule has 3 aliphatic heterocycles. The van der Waals surface area contributed by atoms with E-state index < -0.39 is 45.4 Å². The van der Waals surface area contributed by atoms with Crippen LogP contribution in [0, 0.1) is 11.6 Å². The van der Waals surface area contributed by atoms with Gasteiger partial charge in [-0.3, -0.25) is 19.7 Å². The summed E-state index contributed by atoms with van der Waals surface area (Å²) in [4.78, 5) is 38.1. The number of nitrogens with one attached hydrogen (secondary N) is 1. The van der Waals surface area contributed by atoms with Crippen molar-refractivity contribution < 1.29 is 36.3 Å². The summed E-state index contributed by atoms with van der Waals surface area (Å²) in [7, 11) is -2.73. The highest BCUT2D eigenvalue weighted by atomic mass is 32.2. The minimum absolute atomic E-state index is 0.0403. The van der Waals surface area contributed by atoms with Crippen LogP contribution in [0.4, 0.5) is 8.78 Å². The summed E-state index contributed by atoms with van der Waals surface area (Å²) in [6.07, 6.45) is 1.03. The number of hydrogen-bond donors (Lipinski definition) is 1. The fraction of sp³-hybridized carbons (Fsp3) is 0.400. The molecule has 0 aliphatic carbocycles. The molecule has 3 aliphatic rings. The molecule has 196 valence electrons. The third-order valence-corrected chi connectivity index (χ3v) is 9.21. The number of benzene rings is 2. The lowest BCUT2D eigenvalue weighted by Crippen LogP contribution is -2.52. The summed E-state index contributed by atoms with van der Waals surface area (Å²) in [6, 6.07) is 5.01. The smallest absolute Gasteiger partial charge is 0.255 e. The Morgan fingerprint density at radius 1 is 1.00 bits per heavy atom. The molecule has 9 nitrogen and oxygen atoms in total. The molecule has 1 N–H and O–H groups in total. The van der Waals surface area contributed by atoms with Gasteiger partial charge in [0.05, 0.1) is 7.11 Å². The highest BCUT2D eigenvalue weighted by Gasteiger charge is 2.41. The number of piperidine rings is 2. The van der Waals surface area contributed by atoms with E-state index in [0.29, 0.717) is 24.0 Å². The molecule has 5 rings (SSSR count). The van der Waals surface area contributed by atoms with Crippen LogP contribution in [-0.4, -0.2) is 61.6 Å². The number of ether oxygens (including phenoxy) is 1. The number of amides is 3. The van der Waals surface area contributed by atoms with Crippen molar-refractivity contribution >= 4 is 27.7 Å². The normalized spacial score (nSPS) is 21.2. The Labute approximate surface area is 212 Å². The van der Waals surface area contributed by atoms with Crippen molar-refractivity contribution in [2.75, 3.05) is 20.2 Å². The second-order valence-corrected chi connectivity index (χ2v) is 11.3. The Bertz CT molecular complexity index is 1410. The summed E-state index contributed by atoms with van der Waals surface area (Å²) in [5.74, 6) is -2.89. The van der Waals surface area contributed by atoms with Crippen molar-refractivity contribution in [3.63, 3.8) is 0 Å². The van der Waals surface area contributed by atoms with E-state index in [1.165, 1.54) is 28.4 Å². The van der Waals surface area contributed by atoms with Gasteiger partial charge in [0, 0.05) is 31.6 Å². The number of carbonyl (C=O) groups is 3. The predicted octanol–water partition coefficient (Wildman–Crippen LogP) is 2.30. The third-order valence-electron chi connectivity index (χ3n) is 7.29. The Balaban J connectivity index is 1.37. The number of imide groups is 1. The number of carbonyl (C=O) groups excluding carboxylic acids is 3. The fourth-order valence-electron chi connectivity index (χ4n) is 5.42. The van der Waals surface area contributed by atoms with Gasteiger partial charge in [0.1, 0.15) is 28.3 Å². The second-order valence-electron chi connectivity index (χ2n) is 9.39. The van der Waals surface area contributed by atoms with E-state index in [2.05, 4.69) is 5.32 Å². The lowest BCUT2D eigenvalue weighted by molar-refractivity contribution is -0.136. The Kier molecular flexibility index (Phi) is 6.48. The van der Waals surface area contributed by atoms with Crippen molar-refractivity contribution in [2.24, 2.45) is 0 Å². The first kappa shape index (κ1) is 25.3. The second kappa shape index (κ2) is 9.49. The summed E-state index contributed by atoms with van der Waals surface area (Å²) >= 11 is 0. The minimum atomic E-state index is -4.04. The number of nitrogens with zero attached hydrogens (tertiary/aromatic N) is 2. The zero-order valence-electron chi connectivity index (χ0n) is 20.0. The Morgan fingerprint density at radius 2 is 1.73 bits per heavy atom. The quantitative estimate of drug-likeness (QED) is 0.591. The Hall–Kier alpha value is -3.38. The maximum atomic E-state index is 14.6. The van der Waals surface area contributed by atoms with E-state index in [1.54, 1.807) is 0 Å². The van der Waals surface area contributed by atoms with E-state index in [9.17, 15) is 31.6 Å². The fourth-order valence-corrected chi connectivity index (χ4v) is 7.05. The molecule has 0 bridgehead atoms. The summed E-state index contributed by atoms with van der Waals surface area (Å²) in [5, 5.41) is 2.25. The van der Waals surface area contributed by atoms with Gasteiger partial charge in [0.25, 0.3) is 5.91 Å². The molecule has 2 aromatic carbocycles. The third kappa shape index (κ3) is 4.48. The van der Waals surface area contributed by atoms with Crippen molar-refractivity contribution in [1.29, 1.82) is 0 Å². The number of fused-ring (bicyclic) bond motifs is 1. The van der Waals surface area contributed by atoms with Gasteiger partial charge in [-0.25, -0.2) is 17.2 Å². The Morgan fingerprint density at radius 3 is 2.41 bits per heavy atom. The molecule has 0 radical (unpaired) electrons. The molecular weight excluding hydrogens is 508 g/mol. The molecule has 0 aromatic heterocycles. The average molecular weight is 534 g/mol. The molecule has 0 saturated carbocycles. The predicted molar refractivity (Wildman–Crippen MR) is 126 cm³/mol. The molecule has 1 atom stereocenters. The molecular formula is C25H25F2N3O6S. The molecule has 0 spiro atoms. The first-order valence-electron chi connectivity index (χ1n) is 11.9. The minimum Gasteiger partial charge on any atom is -0.495 e. The molecule has 12 heteroatoms. The van der Waals surface area contributed by atoms with Crippen LogP contribution in [0.2, 0.25) is 0 Å². The molecule has 3 heterocycles. The van der Waals surface area contributed by atoms with Crippen LogP contribution < -0.4 is 10.1 Å². The van der Waals surface area contributed by atoms with Gasteiger partial charge in [-0.2, -0.15) is 4.31 Å². The molecule has 3 amide bonds. The first-order chi connectivity index (χ1) is 17.6. The van der Waals surface area contributed by atoms with Crippen molar-refractivity contribution in [3.8, 4) is 5.75 Å². The SMILES string of the molecule is COc1ccc(F)cc1S(=O)(=O)N1CCC(c2cc(F)cc3c2CN(C2CCC(=O)NC2=O)C3=O)CC1. The van der Waals surface area contributed by atoms with Gasteiger partial charge in [-0.05, 0) is 66.6 Å². The van der Waals surface area contributed by atoms with Gasteiger partial charge in [0.15, 0.2) is 0 Å². The number of rotatable bonds is 5. The topological polar surface area (TPSA) is 113 Å². The van der Waals surface area contributed by atoms with Gasteiger partial charge in [0.2, 0.25) is 21.8 Å². The van der Waals surface area contributed by atoms with E-state index in [1.807, 2.05) is 0 Å². The van der Waals surface area contributed by atoms with Gasteiger partial charge >= 0.3 is 0 Å². The van der Waals surface area contributed by atoms with Crippen LogP contribution in [-0.2, 0) is 26.2 Å². The van der Waals surface area contributed by atoms with Crippen LogP contribution in [0.25, 0.3) is 0 Å². The molecule has 2 fully saturated rings.